The first-order chi connectivity index (χ1) is 16.0. The van der Waals surface area contributed by atoms with E-state index in [1.54, 1.807) is 18.3 Å². The van der Waals surface area contributed by atoms with Crippen molar-refractivity contribution >= 4 is 23.0 Å². The van der Waals surface area contributed by atoms with Crippen LogP contribution in [0, 0.1) is 13.8 Å². The SMILES string of the molecule is Cc1cc([C@H]2[C@@H](c3ccccn3)NC(=S)N2c2ccc(O)cc2)c(C)n1Cc1cccnc1. The van der Waals surface area contributed by atoms with E-state index in [2.05, 4.69) is 50.7 Å². The smallest absolute Gasteiger partial charge is 0.174 e. The molecule has 2 N–H and O–H groups in total. The van der Waals surface area contributed by atoms with Crippen LogP contribution in [0.15, 0.2) is 79.3 Å². The van der Waals surface area contributed by atoms with Crippen molar-refractivity contribution in [2.45, 2.75) is 32.5 Å². The van der Waals surface area contributed by atoms with Gasteiger partial charge in [-0.3, -0.25) is 9.97 Å². The van der Waals surface area contributed by atoms with Gasteiger partial charge in [-0.25, -0.2) is 0 Å². The summed E-state index contributed by atoms with van der Waals surface area (Å²) in [5.74, 6) is 0.226. The number of aryl methyl sites for hydroxylation is 1. The number of rotatable bonds is 5. The number of nitrogens with zero attached hydrogens (tertiary/aromatic N) is 4. The van der Waals surface area contributed by atoms with Gasteiger partial charge >= 0.3 is 0 Å². The number of anilines is 1. The van der Waals surface area contributed by atoms with E-state index in [1.807, 2.05) is 48.8 Å². The van der Waals surface area contributed by atoms with Gasteiger partial charge in [0.2, 0.25) is 0 Å². The fourth-order valence-electron chi connectivity index (χ4n) is 4.61. The summed E-state index contributed by atoms with van der Waals surface area (Å²) in [6.45, 7) is 5.04. The molecule has 0 unspecified atom stereocenters. The maximum atomic E-state index is 9.82. The lowest BCUT2D eigenvalue weighted by Gasteiger charge is -2.28. The van der Waals surface area contributed by atoms with Crippen LogP contribution in [-0.2, 0) is 6.54 Å². The molecule has 0 aliphatic carbocycles. The van der Waals surface area contributed by atoms with Gasteiger partial charge in [-0.2, -0.15) is 0 Å². The van der Waals surface area contributed by atoms with Gasteiger partial charge in [0.05, 0.1) is 17.8 Å². The zero-order valence-electron chi connectivity index (χ0n) is 18.5. The second-order valence-corrected chi connectivity index (χ2v) is 8.67. The summed E-state index contributed by atoms with van der Waals surface area (Å²) in [6, 6.07) is 19.2. The normalized spacial score (nSPS) is 17.9. The second-order valence-electron chi connectivity index (χ2n) is 8.29. The third-order valence-corrected chi connectivity index (χ3v) is 6.54. The van der Waals surface area contributed by atoms with Crippen molar-refractivity contribution in [1.82, 2.24) is 19.9 Å². The first kappa shape index (κ1) is 21.2. The predicted molar refractivity (Wildman–Crippen MR) is 133 cm³/mol. The monoisotopic (exact) mass is 455 g/mol. The van der Waals surface area contributed by atoms with Crippen LogP contribution in [0.5, 0.6) is 5.75 Å². The molecule has 33 heavy (non-hydrogen) atoms. The number of phenolic OH excluding ortho intramolecular Hbond substituents is 1. The van der Waals surface area contributed by atoms with Crippen LogP contribution in [0.25, 0.3) is 0 Å². The lowest BCUT2D eigenvalue weighted by Crippen LogP contribution is -2.29. The zero-order valence-corrected chi connectivity index (χ0v) is 19.3. The topological polar surface area (TPSA) is 66.2 Å². The van der Waals surface area contributed by atoms with Crippen molar-refractivity contribution in [1.29, 1.82) is 0 Å². The molecule has 0 saturated carbocycles. The van der Waals surface area contributed by atoms with E-state index in [9.17, 15) is 5.11 Å². The van der Waals surface area contributed by atoms with E-state index in [4.69, 9.17) is 12.2 Å². The first-order valence-corrected chi connectivity index (χ1v) is 11.3. The first-order valence-electron chi connectivity index (χ1n) is 10.9. The largest absolute Gasteiger partial charge is 0.508 e. The average molecular weight is 456 g/mol. The molecule has 7 heteroatoms. The highest BCUT2D eigenvalue weighted by atomic mass is 32.1. The Hall–Kier alpha value is -3.71. The minimum atomic E-state index is -0.111. The Kier molecular flexibility index (Phi) is 5.56. The average Bonchev–Trinajstić information content (AvgIpc) is 3.32. The van der Waals surface area contributed by atoms with Gasteiger partial charge in [-0.15, -0.1) is 0 Å². The Bertz CT molecular complexity index is 1270. The maximum Gasteiger partial charge on any atom is 0.174 e. The van der Waals surface area contributed by atoms with Crippen molar-refractivity contribution in [3.8, 4) is 5.75 Å². The number of hydrogen-bond acceptors (Lipinski definition) is 4. The van der Waals surface area contributed by atoms with Gasteiger partial charge in [0.15, 0.2) is 5.11 Å². The van der Waals surface area contributed by atoms with Crippen LogP contribution < -0.4 is 10.2 Å². The van der Waals surface area contributed by atoms with Crippen molar-refractivity contribution < 1.29 is 5.11 Å². The fraction of sp³-hybridized carbons (Fsp3) is 0.192. The fourth-order valence-corrected chi connectivity index (χ4v) is 4.95. The molecule has 1 fully saturated rings. The highest BCUT2D eigenvalue weighted by Gasteiger charge is 2.42. The van der Waals surface area contributed by atoms with E-state index in [-0.39, 0.29) is 17.8 Å². The van der Waals surface area contributed by atoms with Gasteiger partial charge < -0.3 is 19.9 Å². The molecule has 1 saturated heterocycles. The molecule has 1 aliphatic heterocycles. The molecule has 0 spiro atoms. The summed E-state index contributed by atoms with van der Waals surface area (Å²) in [7, 11) is 0. The van der Waals surface area contributed by atoms with Crippen LogP contribution in [0.2, 0.25) is 0 Å². The number of pyridine rings is 2. The summed E-state index contributed by atoms with van der Waals surface area (Å²) >= 11 is 5.81. The number of thiocarbonyl (C=S) groups is 1. The summed E-state index contributed by atoms with van der Waals surface area (Å²) < 4.78 is 2.32. The van der Waals surface area contributed by atoms with Crippen molar-refractivity contribution in [3.05, 3.63) is 107 Å². The maximum absolute atomic E-state index is 9.82. The minimum Gasteiger partial charge on any atom is -0.508 e. The van der Waals surface area contributed by atoms with Gasteiger partial charge in [0.25, 0.3) is 0 Å². The number of nitrogens with one attached hydrogen (secondary N) is 1. The van der Waals surface area contributed by atoms with E-state index in [0.29, 0.717) is 5.11 Å². The molecule has 4 heterocycles. The molecule has 2 atom stereocenters. The lowest BCUT2D eigenvalue weighted by atomic mass is 9.96. The van der Waals surface area contributed by atoms with Crippen LogP contribution >= 0.6 is 12.2 Å². The molecule has 5 rings (SSSR count). The molecule has 0 amide bonds. The van der Waals surface area contributed by atoms with E-state index >= 15 is 0 Å². The molecule has 1 aliphatic rings. The quantitative estimate of drug-likeness (QED) is 0.421. The lowest BCUT2D eigenvalue weighted by molar-refractivity contribution is 0.475. The van der Waals surface area contributed by atoms with Crippen molar-refractivity contribution in [3.63, 3.8) is 0 Å². The Morgan fingerprint density at radius 3 is 2.55 bits per heavy atom. The summed E-state index contributed by atoms with van der Waals surface area (Å²) in [5, 5.41) is 14.0. The number of hydrogen-bond donors (Lipinski definition) is 2. The standard InChI is InChI=1S/C26H25N5OS/c1-17-14-22(18(2)30(17)16-19-6-5-12-27-15-19)25-24(23-7-3-4-13-28-23)29-26(33)31(25)20-8-10-21(32)11-9-20/h3-15,24-25,32H,16H2,1-2H3,(H,29,33)/t24-,25+/m1/s1. The van der Waals surface area contributed by atoms with E-state index < -0.39 is 0 Å². The predicted octanol–water partition coefficient (Wildman–Crippen LogP) is 4.83. The molecule has 1 aromatic carbocycles. The molecule has 166 valence electrons. The van der Waals surface area contributed by atoms with E-state index in [1.165, 1.54) is 17.0 Å². The number of aromatic nitrogens is 3. The Morgan fingerprint density at radius 2 is 1.85 bits per heavy atom. The van der Waals surface area contributed by atoms with Crippen LogP contribution in [0.1, 0.15) is 40.3 Å². The van der Waals surface area contributed by atoms with Gasteiger partial charge in [-0.1, -0.05) is 12.1 Å². The Morgan fingerprint density at radius 1 is 1.03 bits per heavy atom. The van der Waals surface area contributed by atoms with Gasteiger partial charge in [-0.05, 0) is 85.7 Å². The van der Waals surface area contributed by atoms with Crippen LogP contribution in [-0.4, -0.2) is 24.8 Å². The number of phenols is 1. The molecular weight excluding hydrogens is 430 g/mol. The van der Waals surface area contributed by atoms with Crippen LogP contribution in [0.3, 0.4) is 0 Å². The highest BCUT2D eigenvalue weighted by molar-refractivity contribution is 7.80. The van der Waals surface area contributed by atoms with Crippen molar-refractivity contribution in [2.24, 2.45) is 0 Å². The summed E-state index contributed by atoms with van der Waals surface area (Å²) in [4.78, 5) is 11.0. The summed E-state index contributed by atoms with van der Waals surface area (Å²) in [5.41, 5.74) is 6.55. The highest BCUT2D eigenvalue weighted by Crippen LogP contribution is 2.43. The molecular formula is C26H25N5OS. The number of benzene rings is 1. The van der Waals surface area contributed by atoms with Crippen molar-refractivity contribution in [2.75, 3.05) is 4.90 Å². The van der Waals surface area contributed by atoms with Gasteiger partial charge in [0, 0.05) is 42.2 Å². The Balaban J connectivity index is 1.62. The number of aromatic hydroxyl groups is 1. The second kappa shape index (κ2) is 8.67. The van der Waals surface area contributed by atoms with E-state index in [0.717, 1.165) is 23.5 Å². The molecule has 4 aromatic rings. The third-order valence-electron chi connectivity index (χ3n) is 6.22. The zero-order chi connectivity index (χ0) is 22.9. The molecule has 6 nitrogen and oxygen atoms in total. The molecule has 3 aromatic heterocycles. The molecule has 0 radical (unpaired) electrons. The minimum absolute atomic E-state index is 0.0919. The molecule has 0 bridgehead atoms. The third kappa shape index (κ3) is 3.96. The van der Waals surface area contributed by atoms with Gasteiger partial charge in [0.1, 0.15) is 5.75 Å². The van der Waals surface area contributed by atoms with Crippen LogP contribution in [0.4, 0.5) is 5.69 Å². The Labute approximate surface area is 198 Å². The summed E-state index contributed by atoms with van der Waals surface area (Å²) in [6.07, 6.45) is 5.51.